The van der Waals surface area contributed by atoms with Crippen LogP contribution < -0.4 is 5.73 Å². The third-order valence-electron chi connectivity index (χ3n) is 2.74. The molecule has 0 spiro atoms. The molecule has 0 saturated carbocycles. The Labute approximate surface area is 123 Å². The summed E-state index contributed by atoms with van der Waals surface area (Å²) in [5, 5.41) is 2.99. The largest absolute Gasteiger partial charge is 0.397 e. The molecule has 0 bridgehead atoms. The van der Waals surface area contributed by atoms with Gasteiger partial charge in [0, 0.05) is 38.7 Å². The fourth-order valence-electron chi connectivity index (χ4n) is 1.80. The standard InChI is InChI=1S/C14H10BrN3S/c15-10-2-4-13(18-8-10)19-12-3-1-9-7-17-6-5-11(9)14(12)16/h1-8H,16H2. The molecule has 0 aliphatic heterocycles. The van der Waals surface area contributed by atoms with E-state index in [4.69, 9.17) is 5.73 Å². The van der Waals surface area contributed by atoms with Gasteiger partial charge < -0.3 is 5.73 Å². The molecule has 0 unspecified atom stereocenters. The topological polar surface area (TPSA) is 51.8 Å². The molecule has 5 heteroatoms. The molecule has 1 aromatic carbocycles. The predicted octanol–water partition coefficient (Wildman–Crippen LogP) is 4.13. The number of nitrogen functional groups attached to an aromatic ring is 1. The Balaban J connectivity index is 2.01. The number of fused-ring (bicyclic) bond motifs is 1. The fraction of sp³-hybridized carbons (Fsp3) is 0. The molecule has 2 aromatic heterocycles. The van der Waals surface area contributed by atoms with Crippen LogP contribution >= 0.6 is 27.7 Å². The number of hydrogen-bond acceptors (Lipinski definition) is 4. The van der Waals surface area contributed by atoms with E-state index in [0.29, 0.717) is 0 Å². The smallest absolute Gasteiger partial charge is 0.101 e. The second-order valence-electron chi connectivity index (χ2n) is 3.99. The molecule has 0 aliphatic rings. The van der Waals surface area contributed by atoms with Gasteiger partial charge in [-0.3, -0.25) is 4.98 Å². The highest BCUT2D eigenvalue weighted by molar-refractivity contribution is 9.10. The van der Waals surface area contributed by atoms with Crippen LogP contribution in [0.3, 0.4) is 0 Å². The Morgan fingerprint density at radius 3 is 2.74 bits per heavy atom. The molecule has 3 nitrogen and oxygen atoms in total. The molecule has 19 heavy (non-hydrogen) atoms. The summed E-state index contributed by atoms with van der Waals surface area (Å²) in [5.41, 5.74) is 6.98. The fourth-order valence-corrected chi connectivity index (χ4v) is 2.85. The van der Waals surface area contributed by atoms with Crippen molar-refractivity contribution in [3.8, 4) is 0 Å². The van der Waals surface area contributed by atoms with Crippen LogP contribution in [0, 0.1) is 0 Å². The van der Waals surface area contributed by atoms with Gasteiger partial charge in [0.25, 0.3) is 0 Å². The van der Waals surface area contributed by atoms with Crippen molar-refractivity contribution in [3.63, 3.8) is 0 Å². The number of halogens is 1. The van der Waals surface area contributed by atoms with E-state index in [-0.39, 0.29) is 0 Å². The van der Waals surface area contributed by atoms with Crippen molar-refractivity contribution < 1.29 is 0 Å². The lowest BCUT2D eigenvalue weighted by molar-refractivity contribution is 1.12. The zero-order chi connectivity index (χ0) is 13.2. The quantitative estimate of drug-likeness (QED) is 0.717. The molecule has 2 N–H and O–H groups in total. The molecule has 3 aromatic rings. The molecule has 0 saturated heterocycles. The van der Waals surface area contributed by atoms with Gasteiger partial charge >= 0.3 is 0 Å². The molecular weight excluding hydrogens is 322 g/mol. The molecule has 0 atom stereocenters. The number of nitrogens with two attached hydrogens (primary N) is 1. The molecule has 0 amide bonds. The maximum absolute atomic E-state index is 6.21. The van der Waals surface area contributed by atoms with Crippen LogP contribution in [-0.2, 0) is 0 Å². The van der Waals surface area contributed by atoms with Gasteiger partial charge in [0.15, 0.2) is 0 Å². The summed E-state index contributed by atoms with van der Waals surface area (Å²) in [6.45, 7) is 0. The zero-order valence-electron chi connectivity index (χ0n) is 9.88. The summed E-state index contributed by atoms with van der Waals surface area (Å²) >= 11 is 4.93. The number of benzene rings is 1. The molecule has 3 rings (SSSR count). The minimum absolute atomic E-state index is 0.773. The van der Waals surface area contributed by atoms with Gasteiger partial charge in [0.05, 0.1) is 5.69 Å². The average molecular weight is 332 g/mol. The van der Waals surface area contributed by atoms with Gasteiger partial charge in [-0.05, 0) is 40.2 Å². The molecular formula is C14H10BrN3S. The monoisotopic (exact) mass is 331 g/mol. The second kappa shape index (κ2) is 5.19. The normalized spacial score (nSPS) is 10.8. The van der Waals surface area contributed by atoms with Crippen LogP contribution in [0.25, 0.3) is 10.8 Å². The number of aromatic nitrogens is 2. The molecule has 0 aliphatic carbocycles. The third kappa shape index (κ3) is 2.57. The van der Waals surface area contributed by atoms with Crippen molar-refractivity contribution in [2.24, 2.45) is 0 Å². The van der Waals surface area contributed by atoms with Crippen LogP contribution in [0.4, 0.5) is 5.69 Å². The second-order valence-corrected chi connectivity index (χ2v) is 5.97. The summed E-state index contributed by atoms with van der Waals surface area (Å²) in [7, 11) is 0. The minimum atomic E-state index is 0.773. The summed E-state index contributed by atoms with van der Waals surface area (Å²) in [6.07, 6.45) is 5.35. The lowest BCUT2D eigenvalue weighted by Crippen LogP contribution is -1.91. The number of rotatable bonds is 2. The van der Waals surface area contributed by atoms with Crippen LogP contribution in [0.2, 0.25) is 0 Å². The lowest BCUT2D eigenvalue weighted by atomic mass is 10.1. The Morgan fingerprint density at radius 2 is 1.95 bits per heavy atom. The first-order valence-corrected chi connectivity index (χ1v) is 7.26. The van der Waals surface area contributed by atoms with Gasteiger partial charge in [-0.1, -0.05) is 17.8 Å². The minimum Gasteiger partial charge on any atom is -0.397 e. The van der Waals surface area contributed by atoms with E-state index in [1.165, 1.54) is 0 Å². The number of anilines is 1. The van der Waals surface area contributed by atoms with Gasteiger partial charge in [-0.25, -0.2) is 4.98 Å². The van der Waals surface area contributed by atoms with Crippen molar-refractivity contribution in [1.29, 1.82) is 0 Å². The highest BCUT2D eigenvalue weighted by Crippen LogP contribution is 2.35. The average Bonchev–Trinajstić information content (AvgIpc) is 2.45. The van der Waals surface area contributed by atoms with E-state index < -0.39 is 0 Å². The van der Waals surface area contributed by atoms with Crippen molar-refractivity contribution in [1.82, 2.24) is 9.97 Å². The first kappa shape index (κ1) is 12.4. The molecule has 94 valence electrons. The highest BCUT2D eigenvalue weighted by atomic mass is 79.9. The van der Waals surface area contributed by atoms with Gasteiger partial charge in [-0.2, -0.15) is 0 Å². The summed E-state index contributed by atoms with van der Waals surface area (Å²) < 4.78 is 0.967. The number of nitrogens with zero attached hydrogens (tertiary/aromatic N) is 2. The van der Waals surface area contributed by atoms with E-state index in [1.807, 2.05) is 36.5 Å². The maximum atomic E-state index is 6.21. The summed E-state index contributed by atoms with van der Waals surface area (Å²) in [6, 6.07) is 9.90. The van der Waals surface area contributed by atoms with E-state index in [0.717, 1.165) is 30.9 Å². The van der Waals surface area contributed by atoms with Crippen LogP contribution in [0.1, 0.15) is 0 Å². The van der Waals surface area contributed by atoms with Crippen LogP contribution in [0.15, 0.2) is 63.3 Å². The first-order chi connectivity index (χ1) is 9.24. The van der Waals surface area contributed by atoms with E-state index in [1.54, 1.807) is 24.2 Å². The van der Waals surface area contributed by atoms with Gasteiger partial charge in [0.1, 0.15) is 5.03 Å². The Kier molecular flexibility index (Phi) is 3.40. The van der Waals surface area contributed by atoms with E-state index in [9.17, 15) is 0 Å². The van der Waals surface area contributed by atoms with Crippen LogP contribution in [0.5, 0.6) is 0 Å². The Morgan fingerprint density at radius 1 is 1.05 bits per heavy atom. The molecule has 0 fully saturated rings. The third-order valence-corrected chi connectivity index (χ3v) is 4.23. The SMILES string of the molecule is Nc1c(Sc2ccc(Br)cn2)ccc2cnccc12. The van der Waals surface area contributed by atoms with Gasteiger partial charge in [-0.15, -0.1) is 0 Å². The Bertz CT molecular complexity index is 728. The maximum Gasteiger partial charge on any atom is 0.101 e. The van der Waals surface area contributed by atoms with Crippen molar-refractivity contribution >= 4 is 44.2 Å². The van der Waals surface area contributed by atoms with Crippen molar-refractivity contribution in [2.45, 2.75) is 9.92 Å². The van der Waals surface area contributed by atoms with Crippen LogP contribution in [-0.4, -0.2) is 9.97 Å². The molecule has 2 heterocycles. The lowest BCUT2D eigenvalue weighted by Gasteiger charge is -2.08. The first-order valence-electron chi connectivity index (χ1n) is 5.65. The van der Waals surface area contributed by atoms with E-state index in [2.05, 4.69) is 25.9 Å². The predicted molar refractivity (Wildman–Crippen MR) is 82.2 cm³/mol. The van der Waals surface area contributed by atoms with Crippen molar-refractivity contribution in [3.05, 3.63) is 53.4 Å². The highest BCUT2D eigenvalue weighted by Gasteiger charge is 2.06. The Hall–Kier alpha value is -1.59. The summed E-state index contributed by atoms with van der Waals surface area (Å²) in [4.78, 5) is 9.45. The zero-order valence-corrected chi connectivity index (χ0v) is 12.3. The molecule has 0 radical (unpaired) electrons. The van der Waals surface area contributed by atoms with Crippen molar-refractivity contribution in [2.75, 3.05) is 5.73 Å². The number of hydrogen-bond donors (Lipinski definition) is 1. The number of pyridine rings is 2. The van der Waals surface area contributed by atoms with Gasteiger partial charge in [0.2, 0.25) is 0 Å². The van der Waals surface area contributed by atoms with E-state index >= 15 is 0 Å². The summed E-state index contributed by atoms with van der Waals surface area (Å²) in [5.74, 6) is 0.